The van der Waals surface area contributed by atoms with Gasteiger partial charge in [-0.05, 0) is 50.3 Å². The van der Waals surface area contributed by atoms with E-state index in [9.17, 15) is 19.8 Å². The maximum Gasteiger partial charge on any atom is 0.309 e. The molecule has 7 atom stereocenters. The van der Waals surface area contributed by atoms with Crippen LogP contribution in [-0.4, -0.2) is 57.0 Å². The molecule has 1 aromatic heterocycles. The smallest absolute Gasteiger partial charge is 0.309 e. The average Bonchev–Trinajstić information content (AvgIpc) is 3.47. The SMILES string of the molecule is CCC1C(=O)C(C)(C)C(O)CC(=O)O[C@H](C(Cl)=Cc2ccccn2)C[C@@H]2O[C@]2(C)CCC[C@H](C)C1O. The third kappa shape index (κ3) is 6.74. The number of hydrogen-bond donors (Lipinski definition) is 2. The summed E-state index contributed by atoms with van der Waals surface area (Å²) in [6.07, 6.45) is 3.12. The average molecular weight is 522 g/mol. The van der Waals surface area contributed by atoms with Gasteiger partial charge in [0.25, 0.3) is 0 Å². The highest BCUT2D eigenvalue weighted by molar-refractivity contribution is 6.32. The Morgan fingerprint density at radius 1 is 1.25 bits per heavy atom. The summed E-state index contributed by atoms with van der Waals surface area (Å²) in [5.74, 6) is -1.62. The highest BCUT2D eigenvalue weighted by atomic mass is 35.5. The van der Waals surface area contributed by atoms with E-state index in [0.29, 0.717) is 23.6 Å². The Bertz CT molecular complexity index is 951. The minimum Gasteiger partial charge on any atom is -0.456 e. The second-order valence-electron chi connectivity index (χ2n) is 11.1. The molecule has 0 aliphatic carbocycles. The Labute approximate surface area is 219 Å². The fraction of sp³-hybridized carbons (Fsp3) is 0.679. The first kappa shape index (κ1) is 28.8. The van der Waals surface area contributed by atoms with Crippen molar-refractivity contribution in [2.45, 2.75) is 103 Å². The predicted molar refractivity (Wildman–Crippen MR) is 138 cm³/mol. The van der Waals surface area contributed by atoms with Crippen molar-refractivity contribution < 1.29 is 29.3 Å². The van der Waals surface area contributed by atoms with Crippen molar-refractivity contribution in [2.24, 2.45) is 17.3 Å². The summed E-state index contributed by atoms with van der Waals surface area (Å²) in [4.78, 5) is 30.6. The van der Waals surface area contributed by atoms with Gasteiger partial charge >= 0.3 is 5.97 Å². The van der Waals surface area contributed by atoms with Crippen LogP contribution in [-0.2, 0) is 19.1 Å². The summed E-state index contributed by atoms with van der Waals surface area (Å²) >= 11 is 6.62. The van der Waals surface area contributed by atoms with Crippen molar-refractivity contribution in [3.8, 4) is 0 Å². The highest BCUT2D eigenvalue weighted by Crippen LogP contribution is 2.45. The van der Waals surface area contributed by atoms with E-state index in [1.54, 1.807) is 38.3 Å². The Balaban J connectivity index is 1.87. The number of Topliss-reactive ketones (excluding diaryl/α,β-unsaturated/α-hetero) is 1. The highest BCUT2D eigenvalue weighted by Gasteiger charge is 2.53. The zero-order chi connectivity index (χ0) is 26.7. The standard InChI is InChI=1S/C28H40ClNO6/c1-6-19-25(33)17(2)10-9-12-28(5)23(36-28)15-21(20(29)14-18-11-7-8-13-30-18)35-24(32)16-22(31)27(3,4)26(19)34/h7-8,11,13-14,17,19,21-23,25,31,33H,6,9-10,12,15-16H2,1-5H3/t17-,19?,21-,22?,23-,25?,28+/m0/s1. The van der Waals surface area contributed by atoms with Crippen LogP contribution < -0.4 is 0 Å². The molecule has 3 heterocycles. The van der Waals surface area contributed by atoms with E-state index in [2.05, 4.69) is 4.98 Å². The number of cyclic esters (lactones) is 1. The second-order valence-corrected chi connectivity index (χ2v) is 11.5. The van der Waals surface area contributed by atoms with E-state index < -0.39 is 35.6 Å². The molecule has 200 valence electrons. The first-order valence-corrected chi connectivity index (χ1v) is 13.3. The number of nitrogens with zero attached hydrogens (tertiary/aromatic N) is 1. The number of aliphatic hydroxyl groups is 2. The number of aromatic nitrogens is 1. The third-order valence-electron chi connectivity index (χ3n) is 7.95. The third-order valence-corrected chi connectivity index (χ3v) is 8.30. The molecule has 0 amide bonds. The van der Waals surface area contributed by atoms with E-state index in [0.717, 1.165) is 19.3 Å². The van der Waals surface area contributed by atoms with Gasteiger partial charge < -0.3 is 19.7 Å². The fourth-order valence-electron chi connectivity index (χ4n) is 5.10. The van der Waals surface area contributed by atoms with Gasteiger partial charge in [-0.15, -0.1) is 0 Å². The predicted octanol–water partition coefficient (Wildman–Crippen LogP) is 4.67. The molecule has 2 N–H and O–H groups in total. The van der Waals surface area contributed by atoms with Crippen LogP contribution in [0.2, 0.25) is 0 Å². The molecule has 2 fully saturated rings. The molecule has 8 heteroatoms. The minimum atomic E-state index is -1.27. The number of hydrogen-bond acceptors (Lipinski definition) is 7. The largest absolute Gasteiger partial charge is 0.456 e. The quantitative estimate of drug-likeness (QED) is 0.439. The van der Waals surface area contributed by atoms with Crippen molar-refractivity contribution in [3.63, 3.8) is 0 Å². The van der Waals surface area contributed by atoms with Gasteiger partial charge in [-0.2, -0.15) is 0 Å². The molecule has 0 aromatic carbocycles. The van der Waals surface area contributed by atoms with E-state index in [1.807, 2.05) is 26.8 Å². The van der Waals surface area contributed by atoms with Crippen LogP contribution in [0.4, 0.5) is 0 Å². The molecule has 2 aliphatic heterocycles. The van der Waals surface area contributed by atoms with Crippen LogP contribution in [0.25, 0.3) is 6.08 Å². The molecule has 1 aromatic rings. The molecule has 36 heavy (non-hydrogen) atoms. The lowest BCUT2D eigenvalue weighted by Crippen LogP contribution is -2.46. The van der Waals surface area contributed by atoms with Crippen LogP contribution in [0.5, 0.6) is 0 Å². The number of pyridine rings is 1. The molecular formula is C28H40ClNO6. The number of ether oxygens (including phenoxy) is 2. The van der Waals surface area contributed by atoms with Crippen molar-refractivity contribution in [1.29, 1.82) is 0 Å². The molecule has 0 bridgehead atoms. The fourth-order valence-corrected chi connectivity index (χ4v) is 5.35. The van der Waals surface area contributed by atoms with Crippen LogP contribution in [0.3, 0.4) is 0 Å². The Morgan fingerprint density at radius 2 is 1.97 bits per heavy atom. The molecule has 0 radical (unpaired) electrons. The van der Waals surface area contributed by atoms with Crippen LogP contribution in [0.15, 0.2) is 29.4 Å². The van der Waals surface area contributed by atoms with Gasteiger partial charge in [0, 0.05) is 18.5 Å². The van der Waals surface area contributed by atoms with E-state index in [-0.39, 0.29) is 29.8 Å². The second kappa shape index (κ2) is 11.7. The van der Waals surface area contributed by atoms with Gasteiger partial charge in [-0.1, -0.05) is 51.8 Å². The number of halogens is 1. The van der Waals surface area contributed by atoms with Crippen molar-refractivity contribution in [2.75, 3.05) is 0 Å². The lowest BCUT2D eigenvalue weighted by molar-refractivity contribution is -0.154. The lowest BCUT2D eigenvalue weighted by atomic mass is 9.71. The van der Waals surface area contributed by atoms with Gasteiger partial charge in [0.2, 0.25) is 0 Å². The summed E-state index contributed by atoms with van der Waals surface area (Å²) in [7, 11) is 0. The number of rotatable bonds is 3. The number of fused-ring (bicyclic) bond motifs is 1. The summed E-state index contributed by atoms with van der Waals surface area (Å²) < 4.78 is 11.8. The number of aliphatic hydroxyl groups excluding tert-OH is 2. The molecule has 7 nitrogen and oxygen atoms in total. The van der Waals surface area contributed by atoms with E-state index in [1.165, 1.54) is 0 Å². The minimum absolute atomic E-state index is 0.0889. The van der Waals surface area contributed by atoms with E-state index >= 15 is 0 Å². The monoisotopic (exact) mass is 521 g/mol. The number of carbonyl (C=O) groups is 2. The zero-order valence-corrected chi connectivity index (χ0v) is 22.7. The van der Waals surface area contributed by atoms with Crippen LogP contribution in [0, 0.1) is 17.3 Å². The van der Waals surface area contributed by atoms with Gasteiger partial charge in [-0.25, -0.2) is 0 Å². The first-order chi connectivity index (χ1) is 16.9. The number of esters is 1. The summed E-state index contributed by atoms with van der Waals surface area (Å²) in [5.41, 5.74) is -0.968. The van der Waals surface area contributed by atoms with Gasteiger partial charge in [0.05, 0.1) is 46.5 Å². The van der Waals surface area contributed by atoms with Gasteiger partial charge in [-0.3, -0.25) is 14.6 Å². The van der Waals surface area contributed by atoms with Crippen molar-refractivity contribution in [1.82, 2.24) is 4.98 Å². The maximum absolute atomic E-state index is 13.4. The zero-order valence-electron chi connectivity index (χ0n) is 21.9. The number of carbonyl (C=O) groups excluding carboxylic acids is 2. The summed E-state index contributed by atoms with van der Waals surface area (Å²) in [5, 5.41) is 22.2. The first-order valence-electron chi connectivity index (χ1n) is 12.9. The number of epoxide rings is 1. The topological polar surface area (TPSA) is 109 Å². The molecule has 3 unspecified atom stereocenters. The van der Waals surface area contributed by atoms with Crippen molar-refractivity contribution >= 4 is 29.4 Å². The van der Waals surface area contributed by atoms with Gasteiger partial charge in [0.1, 0.15) is 11.9 Å². The Morgan fingerprint density at radius 3 is 2.61 bits per heavy atom. The Kier molecular flexibility index (Phi) is 9.36. The molecule has 3 rings (SSSR count). The molecule has 2 aliphatic rings. The Hall–Kier alpha value is -1.80. The molecule has 2 saturated heterocycles. The lowest BCUT2D eigenvalue weighted by Gasteiger charge is -2.35. The maximum atomic E-state index is 13.4. The number of ketones is 1. The normalized spacial score (nSPS) is 36.6. The van der Waals surface area contributed by atoms with Crippen molar-refractivity contribution in [3.05, 3.63) is 35.1 Å². The van der Waals surface area contributed by atoms with Crippen LogP contribution in [0.1, 0.15) is 78.8 Å². The summed E-state index contributed by atoms with van der Waals surface area (Å²) in [6, 6.07) is 5.44. The molecule has 0 saturated carbocycles. The van der Waals surface area contributed by atoms with Gasteiger partial charge in [0.15, 0.2) is 0 Å². The molecule has 0 spiro atoms. The van der Waals surface area contributed by atoms with Crippen LogP contribution >= 0.6 is 11.6 Å². The van der Waals surface area contributed by atoms with E-state index in [4.69, 9.17) is 21.1 Å². The summed E-state index contributed by atoms with van der Waals surface area (Å²) in [6.45, 7) is 9.08. The molecular weight excluding hydrogens is 482 g/mol.